The summed E-state index contributed by atoms with van der Waals surface area (Å²) in [6.07, 6.45) is 0. The Hall–Kier alpha value is -2.25. The van der Waals surface area contributed by atoms with Gasteiger partial charge in [-0.1, -0.05) is 18.2 Å². The molecule has 0 saturated carbocycles. The SMILES string of the molecule is CN(Cc1nc2ccccc2[nH]1)S(=O)(=O)c1cccc(F)c1. The molecule has 114 valence electrons. The molecule has 0 atom stereocenters. The van der Waals surface area contributed by atoms with Crippen molar-refractivity contribution in [3.63, 3.8) is 0 Å². The summed E-state index contributed by atoms with van der Waals surface area (Å²) in [6, 6.07) is 12.4. The number of fused-ring (bicyclic) bond motifs is 1. The maximum absolute atomic E-state index is 13.2. The smallest absolute Gasteiger partial charge is 0.243 e. The second-order valence-electron chi connectivity index (χ2n) is 4.92. The third kappa shape index (κ3) is 2.72. The van der Waals surface area contributed by atoms with Gasteiger partial charge in [-0.05, 0) is 30.3 Å². The normalized spacial score (nSPS) is 12.1. The van der Waals surface area contributed by atoms with Crippen molar-refractivity contribution in [1.29, 1.82) is 0 Å². The minimum atomic E-state index is -3.76. The van der Waals surface area contributed by atoms with Gasteiger partial charge in [0.05, 0.1) is 22.5 Å². The number of H-pyrrole nitrogens is 1. The highest BCUT2D eigenvalue weighted by Crippen LogP contribution is 2.18. The van der Waals surface area contributed by atoms with E-state index in [1.807, 2.05) is 24.3 Å². The van der Waals surface area contributed by atoms with E-state index in [1.165, 1.54) is 25.2 Å². The number of nitrogens with zero attached hydrogens (tertiary/aromatic N) is 2. The van der Waals surface area contributed by atoms with Crippen LogP contribution < -0.4 is 0 Å². The van der Waals surface area contributed by atoms with Crippen LogP contribution in [0.4, 0.5) is 4.39 Å². The van der Waals surface area contributed by atoms with Crippen molar-refractivity contribution < 1.29 is 12.8 Å². The number of rotatable bonds is 4. The minimum absolute atomic E-state index is 0.0769. The Kier molecular flexibility index (Phi) is 3.67. The lowest BCUT2D eigenvalue weighted by Crippen LogP contribution is -2.27. The van der Waals surface area contributed by atoms with E-state index in [0.29, 0.717) is 5.82 Å². The number of sulfonamides is 1. The third-order valence-electron chi connectivity index (χ3n) is 3.32. The highest BCUT2D eigenvalue weighted by molar-refractivity contribution is 7.89. The van der Waals surface area contributed by atoms with Crippen molar-refractivity contribution >= 4 is 21.1 Å². The fraction of sp³-hybridized carbons (Fsp3) is 0.133. The molecule has 0 bridgehead atoms. The number of halogens is 1. The summed E-state index contributed by atoms with van der Waals surface area (Å²) in [7, 11) is -2.33. The van der Waals surface area contributed by atoms with E-state index < -0.39 is 15.8 Å². The first-order valence-corrected chi connectivity index (χ1v) is 8.06. The molecule has 0 aliphatic heterocycles. The molecule has 0 aliphatic rings. The van der Waals surface area contributed by atoms with Crippen LogP contribution in [0.15, 0.2) is 53.4 Å². The van der Waals surface area contributed by atoms with Crippen LogP contribution in [0.5, 0.6) is 0 Å². The van der Waals surface area contributed by atoms with Crippen LogP contribution in [0, 0.1) is 5.82 Å². The monoisotopic (exact) mass is 319 g/mol. The molecule has 0 fully saturated rings. The molecule has 0 unspecified atom stereocenters. The van der Waals surface area contributed by atoms with E-state index in [1.54, 1.807) is 0 Å². The fourth-order valence-electron chi connectivity index (χ4n) is 2.18. The summed E-state index contributed by atoms with van der Waals surface area (Å²) >= 11 is 0. The Morgan fingerprint density at radius 2 is 1.95 bits per heavy atom. The van der Waals surface area contributed by atoms with Gasteiger partial charge in [-0.2, -0.15) is 4.31 Å². The first-order chi connectivity index (χ1) is 10.5. The van der Waals surface area contributed by atoms with E-state index >= 15 is 0 Å². The van der Waals surface area contributed by atoms with Crippen LogP contribution in [-0.2, 0) is 16.6 Å². The first kappa shape index (κ1) is 14.7. The predicted molar refractivity (Wildman–Crippen MR) is 81.1 cm³/mol. The van der Waals surface area contributed by atoms with Crippen LogP contribution in [-0.4, -0.2) is 29.7 Å². The molecule has 3 aromatic rings. The molecular weight excluding hydrogens is 305 g/mol. The molecule has 0 aliphatic carbocycles. The van der Waals surface area contributed by atoms with Crippen LogP contribution in [0.25, 0.3) is 11.0 Å². The molecular formula is C15H14FN3O2S. The maximum atomic E-state index is 13.2. The highest BCUT2D eigenvalue weighted by Gasteiger charge is 2.22. The van der Waals surface area contributed by atoms with E-state index in [-0.39, 0.29) is 11.4 Å². The van der Waals surface area contributed by atoms with Gasteiger partial charge < -0.3 is 4.98 Å². The molecule has 3 rings (SSSR count). The van der Waals surface area contributed by atoms with Crippen LogP contribution in [0.3, 0.4) is 0 Å². The van der Waals surface area contributed by atoms with E-state index in [0.717, 1.165) is 21.4 Å². The number of imidazole rings is 1. The number of benzene rings is 2. The van der Waals surface area contributed by atoms with Gasteiger partial charge in [0.1, 0.15) is 11.6 Å². The van der Waals surface area contributed by atoms with Gasteiger partial charge in [0.2, 0.25) is 10.0 Å². The Labute approximate surface area is 127 Å². The molecule has 0 amide bonds. The summed E-state index contributed by atoms with van der Waals surface area (Å²) in [5.74, 6) is -0.0538. The molecule has 0 spiro atoms. The van der Waals surface area contributed by atoms with Gasteiger partial charge in [0, 0.05) is 7.05 Å². The van der Waals surface area contributed by atoms with Gasteiger partial charge >= 0.3 is 0 Å². The van der Waals surface area contributed by atoms with Gasteiger partial charge in [-0.25, -0.2) is 17.8 Å². The average molecular weight is 319 g/mol. The molecule has 0 radical (unpaired) electrons. The Balaban J connectivity index is 1.88. The average Bonchev–Trinajstić information content (AvgIpc) is 2.89. The van der Waals surface area contributed by atoms with Gasteiger partial charge in [0.15, 0.2) is 0 Å². The van der Waals surface area contributed by atoms with Crippen molar-refractivity contribution in [3.8, 4) is 0 Å². The second kappa shape index (κ2) is 5.51. The van der Waals surface area contributed by atoms with E-state index in [2.05, 4.69) is 9.97 Å². The Bertz CT molecular complexity index is 888. The van der Waals surface area contributed by atoms with Crippen molar-refractivity contribution in [2.45, 2.75) is 11.4 Å². The van der Waals surface area contributed by atoms with Crippen LogP contribution in [0.2, 0.25) is 0 Å². The fourth-order valence-corrected chi connectivity index (χ4v) is 3.35. The molecule has 1 aromatic heterocycles. The zero-order valence-electron chi connectivity index (χ0n) is 11.8. The van der Waals surface area contributed by atoms with E-state index in [4.69, 9.17) is 0 Å². The molecule has 1 heterocycles. The van der Waals surface area contributed by atoms with Gasteiger partial charge in [0.25, 0.3) is 0 Å². The lowest BCUT2D eigenvalue weighted by molar-refractivity contribution is 0.458. The number of hydrogen-bond acceptors (Lipinski definition) is 3. The molecule has 2 aromatic carbocycles. The predicted octanol–water partition coefficient (Wildman–Crippen LogP) is 2.52. The number of hydrogen-bond donors (Lipinski definition) is 1. The maximum Gasteiger partial charge on any atom is 0.243 e. The van der Waals surface area contributed by atoms with Gasteiger partial charge in [-0.3, -0.25) is 0 Å². The Morgan fingerprint density at radius 1 is 1.18 bits per heavy atom. The van der Waals surface area contributed by atoms with Gasteiger partial charge in [-0.15, -0.1) is 0 Å². The van der Waals surface area contributed by atoms with Crippen LogP contribution in [0.1, 0.15) is 5.82 Å². The topological polar surface area (TPSA) is 66.1 Å². The number of para-hydroxylation sites is 2. The summed E-state index contributed by atoms with van der Waals surface area (Å²) in [4.78, 5) is 7.33. The number of aromatic amines is 1. The largest absolute Gasteiger partial charge is 0.341 e. The molecule has 0 saturated heterocycles. The number of aromatic nitrogens is 2. The zero-order chi connectivity index (χ0) is 15.7. The summed E-state index contributed by atoms with van der Waals surface area (Å²) < 4.78 is 39.2. The summed E-state index contributed by atoms with van der Waals surface area (Å²) in [5.41, 5.74) is 1.61. The quantitative estimate of drug-likeness (QED) is 0.803. The summed E-state index contributed by atoms with van der Waals surface area (Å²) in [6.45, 7) is 0.0769. The second-order valence-corrected chi connectivity index (χ2v) is 6.96. The molecule has 22 heavy (non-hydrogen) atoms. The number of nitrogens with one attached hydrogen (secondary N) is 1. The van der Waals surface area contributed by atoms with E-state index in [9.17, 15) is 12.8 Å². The minimum Gasteiger partial charge on any atom is -0.341 e. The lowest BCUT2D eigenvalue weighted by Gasteiger charge is -2.15. The Morgan fingerprint density at radius 3 is 2.68 bits per heavy atom. The summed E-state index contributed by atoms with van der Waals surface area (Å²) in [5, 5.41) is 0. The molecule has 1 N–H and O–H groups in total. The molecule has 5 nitrogen and oxygen atoms in total. The van der Waals surface area contributed by atoms with Crippen molar-refractivity contribution in [2.75, 3.05) is 7.05 Å². The zero-order valence-corrected chi connectivity index (χ0v) is 12.6. The first-order valence-electron chi connectivity index (χ1n) is 6.62. The van der Waals surface area contributed by atoms with Crippen LogP contribution >= 0.6 is 0 Å². The van der Waals surface area contributed by atoms with Crippen molar-refractivity contribution in [2.24, 2.45) is 0 Å². The lowest BCUT2D eigenvalue weighted by atomic mass is 10.3. The third-order valence-corrected chi connectivity index (χ3v) is 5.11. The van der Waals surface area contributed by atoms with Crippen molar-refractivity contribution in [3.05, 3.63) is 60.2 Å². The highest BCUT2D eigenvalue weighted by atomic mass is 32.2. The van der Waals surface area contributed by atoms with Crippen molar-refractivity contribution in [1.82, 2.24) is 14.3 Å². The molecule has 7 heteroatoms. The standard InChI is InChI=1S/C15H14FN3O2S/c1-19(22(20,21)12-6-4-5-11(16)9-12)10-15-17-13-7-2-3-8-14(13)18-15/h2-9H,10H2,1H3,(H,17,18).